The van der Waals surface area contributed by atoms with E-state index >= 15 is 0 Å². The lowest BCUT2D eigenvalue weighted by atomic mass is 10.0. The molecule has 0 bridgehead atoms. The molecule has 0 spiro atoms. The van der Waals surface area contributed by atoms with Crippen molar-refractivity contribution in [3.63, 3.8) is 0 Å². The predicted octanol–water partition coefficient (Wildman–Crippen LogP) is 2.39. The van der Waals surface area contributed by atoms with Gasteiger partial charge in [0.25, 0.3) is 0 Å². The molecule has 1 saturated heterocycles. The minimum absolute atomic E-state index is 0.159. The molecule has 4 nitrogen and oxygen atoms in total. The van der Waals surface area contributed by atoms with Gasteiger partial charge in [0.2, 0.25) is 0 Å². The van der Waals surface area contributed by atoms with Gasteiger partial charge in [0, 0.05) is 12.6 Å². The van der Waals surface area contributed by atoms with Crippen molar-refractivity contribution >= 4 is 6.09 Å². The van der Waals surface area contributed by atoms with Crippen LogP contribution in [0.15, 0.2) is 0 Å². The highest BCUT2D eigenvalue weighted by Gasteiger charge is 2.25. The molecule has 0 radical (unpaired) electrons. The molecule has 100 valence electrons. The first kappa shape index (κ1) is 14.3. The molecular weight excluding hydrogens is 216 g/mol. The molecule has 1 heterocycles. The van der Waals surface area contributed by atoms with E-state index < -0.39 is 0 Å². The number of rotatable bonds is 6. The molecule has 0 aromatic heterocycles. The summed E-state index contributed by atoms with van der Waals surface area (Å²) in [5, 5.41) is 3.32. The highest BCUT2D eigenvalue weighted by molar-refractivity contribution is 5.67. The minimum Gasteiger partial charge on any atom is -0.453 e. The van der Waals surface area contributed by atoms with Crippen LogP contribution in [-0.4, -0.2) is 43.8 Å². The first-order chi connectivity index (χ1) is 8.29. The van der Waals surface area contributed by atoms with Gasteiger partial charge in [0.1, 0.15) is 0 Å². The van der Waals surface area contributed by atoms with E-state index in [-0.39, 0.29) is 6.09 Å². The van der Waals surface area contributed by atoms with E-state index in [9.17, 15) is 4.79 Å². The lowest BCUT2D eigenvalue weighted by molar-refractivity contribution is 0.0946. The topological polar surface area (TPSA) is 41.6 Å². The van der Waals surface area contributed by atoms with Crippen LogP contribution in [0.1, 0.15) is 45.4 Å². The van der Waals surface area contributed by atoms with Gasteiger partial charge < -0.3 is 15.0 Å². The van der Waals surface area contributed by atoms with Crippen molar-refractivity contribution < 1.29 is 9.53 Å². The summed E-state index contributed by atoms with van der Waals surface area (Å²) >= 11 is 0. The van der Waals surface area contributed by atoms with Crippen molar-refractivity contribution in [3.05, 3.63) is 0 Å². The van der Waals surface area contributed by atoms with Crippen molar-refractivity contribution in [1.82, 2.24) is 10.2 Å². The second-order valence-corrected chi connectivity index (χ2v) is 4.71. The molecule has 0 aliphatic carbocycles. The summed E-state index contributed by atoms with van der Waals surface area (Å²) in [5.41, 5.74) is 0. The Morgan fingerprint density at radius 3 is 2.59 bits per heavy atom. The zero-order valence-electron chi connectivity index (χ0n) is 11.2. The Morgan fingerprint density at radius 2 is 2.00 bits per heavy atom. The fraction of sp³-hybridized carbons (Fsp3) is 0.923. The second-order valence-electron chi connectivity index (χ2n) is 4.71. The molecule has 1 fully saturated rings. The largest absolute Gasteiger partial charge is 0.453 e. The van der Waals surface area contributed by atoms with Gasteiger partial charge in [-0.15, -0.1) is 0 Å². The number of unbranched alkanes of at least 4 members (excludes halogenated alkanes) is 3. The summed E-state index contributed by atoms with van der Waals surface area (Å²) in [5.74, 6) is 0. The minimum atomic E-state index is -0.159. The van der Waals surface area contributed by atoms with E-state index in [0.29, 0.717) is 6.04 Å². The zero-order valence-corrected chi connectivity index (χ0v) is 11.2. The number of hydrogen-bond acceptors (Lipinski definition) is 3. The van der Waals surface area contributed by atoms with E-state index in [1.807, 2.05) is 4.90 Å². The summed E-state index contributed by atoms with van der Waals surface area (Å²) < 4.78 is 4.89. The molecule has 0 saturated carbocycles. The maximum atomic E-state index is 11.8. The first-order valence-electron chi connectivity index (χ1n) is 6.85. The lowest BCUT2D eigenvalue weighted by Gasteiger charge is -2.33. The standard InChI is InChI=1S/C13H26N2O2/c1-3-4-5-6-11-15(13(16)17-2)12-7-9-14-10-8-12/h12,14H,3-11H2,1-2H3. The van der Waals surface area contributed by atoms with Crippen molar-refractivity contribution in [3.8, 4) is 0 Å². The Bertz CT molecular complexity index is 215. The highest BCUT2D eigenvalue weighted by atomic mass is 16.5. The molecule has 1 aliphatic heterocycles. The average molecular weight is 242 g/mol. The Hall–Kier alpha value is -0.770. The number of amides is 1. The zero-order chi connectivity index (χ0) is 12.5. The van der Waals surface area contributed by atoms with Gasteiger partial charge in [0.05, 0.1) is 7.11 Å². The summed E-state index contributed by atoms with van der Waals surface area (Å²) in [7, 11) is 1.47. The van der Waals surface area contributed by atoms with Crippen molar-refractivity contribution in [2.75, 3.05) is 26.7 Å². The Kier molecular flexibility index (Phi) is 7.01. The number of methoxy groups -OCH3 is 1. The third-order valence-corrected chi connectivity index (χ3v) is 3.41. The number of ether oxygens (including phenoxy) is 1. The number of piperidine rings is 1. The SMILES string of the molecule is CCCCCCN(C(=O)OC)C1CCNCC1. The van der Waals surface area contributed by atoms with Crippen LogP contribution in [0, 0.1) is 0 Å². The van der Waals surface area contributed by atoms with E-state index in [4.69, 9.17) is 4.74 Å². The van der Waals surface area contributed by atoms with Crippen LogP contribution in [0.2, 0.25) is 0 Å². The lowest BCUT2D eigenvalue weighted by Crippen LogP contribution is -2.46. The number of nitrogens with zero attached hydrogens (tertiary/aromatic N) is 1. The van der Waals surface area contributed by atoms with Gasteiger partial charge in [-0.05, 0) is 32.4 Å². The van der Waals surface area contributed by atoms with E-state index in [2.05, 4.69) is 12.2 Å². The molecule has 0 aromatic carbocycles. The molecule has 1 aliphatic rings. The van der Waals surface area contributed by atoms with Crippen molar-refractivity contribution in [1.29, 1.82) is 0 Å². The van der Waals surface area contributed by atoms with E-state index in [0.717, 1.165) is 38.9 Å². The Morgan fingerprint density at radius 1 is 1.29 bits per heavy atom. The van der Waals surface area contributed by atoms with Crippen LogP contribution < -0.4 is 5.32 Å². The van der Waals surface area contributed by atoms with Crippen LogP contribution >= 0.6 is 0 Å². The third kappa shape index (κ3) is 4.94. The molecule has 4 heteroatoms. The predicted molar refractivity (Wildman–Crippen MR) is 69.1 cm³/mol. The van der Waals surface area contributed by atoms with Gasteiger partial charge in [-0.1, -0.05) is 26.2 Å². The molecule has 1 N–H and O–H groups in total. The second kappa shape index (κ2) is 8.34. The first-order valence-corrected chi connectivity index (χ1v) is 6.85. The molecule has 0 unspecified atom stereocenters. The quantitative estimate of drug-likeness (QED) is 0.727. The van der Waals surface area contributed by atoms with Gasteiger partial charge >= 0.3 is 6.09 Å². The monoisotopic (exact) mass is 242 g/mol. The van der Waals surface area contributed by atoms with Gasteiger partial charge in [-0.2, -0.15) is 0 Å². The Balaban J connectivity index is 2.39. The summed E-state index contributed by atoms with van der Waals surface area (Å²) in [4.78, 5) is 13.7. The van der Waals surface area contributed by atoms with Crippen LogP contribution in [-0.2, 0) is 4.74 Å². The van der Waals surface area contributed by atoms with E-state index in [1.54, 1.807) is 0 Å². The number of nitrogens with one attached hydrogen (secondary N) is 1. The van der Waals surface area contributed by atoms with Crippen LogP contribution in [0.3, 0.4) is 0 Å². The summed E-state index contributed by atoms with van der Waals surface area (Å²) in [6, 6.07) is 0.366. The normalized spacial score (nSPS) is 16.8. The maximum Gasteiger partial charge on any atom is 0.409 e. The third-order valence-electron chi connectivity index (χ3n) is 3.41. The number of carbonyl (C=O) groups excluding carboxylic acids is 1. The Labute approximate surface area is 105 Å². The molecule has 0 aromatic rings. The van der Waals surface area contributed by atoms with Crippen molar-refractivity contribution in [2.24, 2.45) is 0 Å². The van der Waals surface area contributed by atoms with Gasteiger partial charge in [0.15, 0.2) is 0 Å². The summed E-state index contributed by atoms with van der Waals surface area (Å²) in [6.45, 7) is 5.06. The van der Waals surface area contributed by atoms with Gasteiger partial charge in [-0.25, -0.2) is 4.79 Å². The molecule has 0 atom stereocenters. The van der Waals surface area contributed by atoms with Crippen LogP contribution in [0.25, 0.3) is 0 Å². The average Bonchev–Trinajstić information content (AvgIpc) is 2.39. The maximum absolute atomic E-state index is 11.8. The van der Waals surface area contributed by atoms with E-state index in [1.165, 1.54) is 26.4 Å². The molecule has 1 rings (SSSR count). The number of hydrogen-bond donors (Lipinski definition) is 1. The summed E-state index contributed by atoms with van der Waals surface area (Å²) in [6.07, 6.45) is 6.70. The fourth-order valence-electron chi connectivity index (χ4n) is 2.37. The van der Waals surface area contributed by atoms with Gasteiger partial charge in [-0.3, -0.25) is 0 Å². The fourth-order valence-corrected chi connectivity index (χ4v) is 2.37. The molecular formula is C13H26N2O2. The van der Waals surface area contributed by atoms with Crippen LogP contribution in [0.4, 0.5) is 4.79 Å². The number of carbonyl (C=O) groups is 1. The highest BCUT2D eigenvalue weighted by Crippen LogP contribution is 2.14. The smallest absolute Gasteiger partial charge is 0.409 e. The molecule has 17 heavy (non-hydrogen) atoms. The molecule has 1 amide bonds. The van der Waals surface area contributed by atoms with Crippen LogP contribution in [0.5, 0.6) is 0 Å². The van der Waals surface area contributed by atoms with Crippen molar-refractivity contribution in [2.45, 2.75) is 51.5 Å².